The lowest BCUT2D eigenvalue weighted by molar-refractivity contribution is 0.0728. The Hall–Kier alpha value is -1.54. The Balaban J connectivity index is 1.76. The number of sulfonamides is 2. The number of morpholine rings is 2. The van der Waals surface area contributed by atoms with Crippen LogP contribution < -0.4 is 4.74 Å². The molecule has 0 radical (unpaired) electrons. The zero-order valence-electron chi connectivity index (χ0n) is 17.1. The first-order valence-electron chi connectivity index (χ1n) is 10.0. The highest BCUT2D eigenvalue weighted by molar-refractivity contribution is 9.10. The van der Waals surface area contributed by atoms with Gasteiger partial charge in [0.05, 0.1) is 31.3 Å². The van der Waals surface area contributed by atoms with Crippen LogP contribution in [0.2, 0.25) is 0 Å². The van der Waals surface area contributed by atoms with Crippen molar-refractivity contribution < 1.29 is 31.0 Å². The van der Waals surface area contributed by atoms with E-state index in [2.05, 4.69) is 15.9 Å². The van der Waals surface area contributed by atoms with Crippen LogP contribution in [0.5, 0.6) is 11.5 Å². The van der Waals surface area contributed by atoms with Gasteiger partial charge in [0.25, 0.3) is 0 Å². The highest BCUT2D eigenvalue weighted by Gasteiger charge is 2.33. The summed E-state index contributed by atoms with van der Waals surface area (Å²) in [6.07, 6.45) is 0. The molecule has 2 aliphatic heterocycles. The molecule has 2 aromatic rings. The largest absolute Gasteiger partial charge is 0.456 e. The maximum absolute atomic E-state index is 13.5. The number of hydrogen-bond donors (Lipinski definition) is 0. The van der Waals surface area contributed by atoms with Gasteiger partial charge in [0.2, 0.25) is 20.0 Å². The fraction of sp³-hybridized carbons (Fsp3) is 0.400. The maximum Gasteiger partial charge on any atom is 0.246 e. The van der Waals surface area contributed by atoms with Crippen molar-refractivity contribution in [2.24, 2.45) is 0 Å². The van der Waals surface area contributed by atoms with E-state index in [9.17, 15) is 16.8 Å². The molecule has 9 nitrogen and oxygen atoms in total. The van der Waals surface area contributed by atoms with Crippen molar-refractivity contribution in [1.29, 1.82) is 0 Å². The van der Waals surface area contributed by atoms with Crippen molar-refractivity contribution in [3.63, 3.8) is 0 Å². The van der Waals surface area contributed by atoms with E-state index < -0.39 is 20.0 Å². The molecule has 0 aliphatic carbocycles. The van der Waals surface area contributed by atoms with Crippen LogP contribution in [0.1, 0.15) is 0 Å². The fourth-order valence-corrected chi connectivity index (χ4v) is 6.75. The van der Waals surface area contributed by atoms with Gasteiger partial charge in [-0.1, -0.05) is 15.9 Å². The lowest BCUT2D eigenvalue weighted by atomic mass is 10.3. The third-order valence-electron chi connectivity index (χ3n) is 5.15. The molecule has 2 aromatic carbocycles. The number of benzene rings is 2. The number of halogens is 1. The average molecular weight is 547 g/mol. The van der Waals surface area contributed by atoms with Crippen molar-refractivity contribution in [3.05, 3.63) is 46.9 Å². The highest BCUT2D eigenvalue weighted by Crippen LogP contribution is 2.34. The van der Waals surface area contributed by atoms with Gasteiger partial charge in [0.1, 0.15) is 16.4 Å². The minimum atomic E-state index is -4.02. The van der Waals surface area contributed by atoms with Crippen LogP contribution >= 0.6 is 15.9 Å². The molecule has 0 unspecified atom stereocenters. The molecule has 0 atom stereocenters. The Kier molecular flexibility index (Phi) is 7.20. The summed E-state index contributed by atoms with van der Waals surface area (Å²) < 4.78 is 73.0. The Labute approximate surface area is 196 Å². The van der Waals surface area contributed by atoms with Gasteiger partial charge in [-0.15, -0.1) is 0 Å². The van der Waals surface area contributed by atoms with E-state index in [1.54, 1.807) is 24.3 Å². The number of ether oxygens (including phenoxy) is 3. The van der Waals surface area contributed by atoms with E-state index in [0.717, 1.165) is 4.47 Å². The quantitative estimate of drug-likeness (QED) is 0.547. The molecule has 2 heterocycles. The predicted octanol–water partition coefficient (Wildman–Crippen LogP) is 2.28. The van der Waals surface area contributed by atoms with Gasteiger partial charge in [-0.25, -0.2) is 16.8 Å². The topological polar surface area (TPSA) is 102 Å². The van der Waals surface area contributed by atoms with E-state index in [4.69, 9.17) is 14.2 Å². The van der Waals surface area contributed by atoms with Crippen LogP contribution in [-0.4, -0.2) is 78.1 Å². The SMILES string of the molecule is O=S(=O)(c1ccc(Oc2ccc(Br)cc2)c(S(=O)(=O)N2CCOCC2)c1)N1CCOCC1. The summed E-state index contributed by atoms with van der Waals surface area (Å²) in [5.74, 6) is 0.482. The standard InChI is InChI=1S/C20H23BrN2O7S2/c21-16-1-3-17(4-2-16)30-19-6-5-18(31(24,25)22-7-11-28-12-8-22)15-20(19)32(26,27)23-9-13-29-14-10-23/h1-6,15H,7-14H2. The Morgan fingerprint density at radius 1 is 0.750 bits per heavy atom. The third kappa shape index (κ3) is 5.01. The third-order valence-corrected chi connectivity index (χ3v) is 9.50. The zero-order valence-corrected chi connectivity index (χ0v) is 20.4. The summed E-state index contributed by atoms with van der Waals surface area (Å²) in [7, 11) is -7.91. The van der Waals surface area contributed by atoms with Crippen molar-refractivity contribution in [3.8, 4) is 11.5 Å². The summed E-state index contributed by atoms with van der Waals surface area (Å²) >= 11 is 3.35. The number of hydrogen-bond acceptors (Lipinski definition) is 7. The predicted molar refractivity (Wildman–Crippen MR) is 120 cm³/mol. The van der Waals surface area contributed by atoms with Crippen LogP contribution in [-0.2, 0) is 29.5 Å². The second kappa shape index (κ2) is 9.75. The molecule has 12 heteroatoms. The summed E-state index contributed by atoms with van der Waals surface area (Å²) in [6.45, 7) is 1.92. The van der Waals surface area contributed by atoms with E-state index in [1.807, 2.05) is 0 Å². The molecule has 2 saturated heterocycles. The van der Waals surface area contributed by atoms with Crippen molar-refractivity contribution in [2.45, 2.75) is 9.79 Å². The Morgan fingerprint density at radius 2 is 1.28 bits per heavy atom. The molecule has 2 aliphatic rings. The van der Waals surface area contributed by atoms with Gasteiger partial charge >= 0.3 is 0 Å². The molecule has 2 fully saturated rings. The number of rotatable bonds is 6. The molecular formula is C20H23BrN2O7S2. The molecule has 0 spiro atoms. The smallest absolute Gasteiger partial charge is 0.246 e. The minimum Gasteiger partial charge on any atom is -0.456 e. The zero-order chi connectivity index (χ0) is 22.8. The first-order valence-corrected chi connectivity index (χ1v) is 13.7. The van der Waals surface area contributed by atoms with E-state index in [0.29, 0.717) is 19.0 Å². The van der Waals surface area contributed by atoms with Crippen LogP contribution in [0.25, 0.3) is 0 Å². The molecule has 0 saturated carbocycles. The number of nitrogens with zero attached hydrogens (tertiary/aromatic N) is 2. The molecule has 0 amide bonds. The Bertz CT molecular complexity index is 1160. The molecule has 0 aromatic heterocycles. The van der Waals surface area contributed by atoms with E-state index >= 15 is 0 Å². The van der Waals surface area contributed by atoms with Crippen LogP contribution in [0.15, 0.2) is 56.7 Å². The lowest BCUT2D eigenvalue weighted by Crippen LogP contribution is -2.41. The monoisotopic (exact) mass is 546 g/mol. The van der Waals surface area contributed by atoms with Crippen molar-refractivity contribution in [1.82, 2.24) is 8.61 Å². The fourth-order valence-electron chi connectivity index (χ4n) is 3.43. The first-order chi connectivity index (χ1) is 15.3. The van der Waals surface area contributed by atoms with Gasteiger partial charge in [-0.05, 0) is 42.5 Å². The first kappa shape index (κ1) is 23.6. The molecule has 174 valence electrons. The van der Waals surface area contributed by atoms with Gasteiger partial charge in [-0.3, -0.25) is 0 Å². The van der Waals surface area contributed by atoms with Crippen molar-refractivity contribution >= 4 is 36.0 Å². The average Bonchev–Trinajstić information content (AvgIpc) is 2.82. The molecule has 32 heavy (non-hydrogen) atoms. The van der Waals surface area contributed by atoms with Gasteiger partial charge in [-0.2, -0.15) is 8.61 Å². The normalized spacial score (nSPS) is 19.0. The maximum atomic E-state index is 13.5. The van der Waals surface area contributed by atoms with Crippen molar-refractivity contribution in [2.75, 3.05) is 52.6 Å². The Morgan fingerprint density at radius 3 is 1.84 bits per heavy atom. The van der Waals surface area contributed by atoms with Gasteiger partial charge < -0.3 is 14.2 Å². The van der Waals surface area contributed by atoms with Gasteiger partial charge in [0.15, 0.2) is 0 Å². The van der Waals surface area contributed by atoms with E-state index in [-0.39, 0.29) is 54.9 Å². The van der Waals surface area contributed by atoms with Gasteiger partial charge in [0, 0.05) is 30.7 Å². The minimum absolute atomic E-state index is 0.0553. The summed E-state index contributed by atoms with van der Waals surface area (Å²) in [5.41, 5.74) is 0. The molecule has 0 bridgehead atoms. The van der Waals surface area contributed by atoms with Crippen LogP contribution in [0, 0.1) is 0 Å². The molecule has 4 rings (SSSR count). The summed E-state index contributed by atoms with van der Waals surface area (Å²) in [6, 6.07) is 10.9. The van der Waals surface area contributed by atoms with E-state index in [1.165, 1.54) is 26.8 Å². The molecule has 0 N–H and O–H groups in total. The summed E-state index contributed by atoms with van der Waals surface area (Å²) in [5, 5.41) is 0. The highest BCUT2D eigenvalue weighted by atomic mass is 79.9. The lowest BCUT2D eigenvalue weighted by Gasteiger charge is -2.28. The second-order valence-corrected chi connectivity index (χ2v) is 12.0. The molecular weight excluding hydrogens is 524 g/mol. The second-order valence-electron chi connectivity index (χ2n) is 7.20. The summed E-state index contributed by atoms with van der Waals surface area (Å²) in [4.78, 5) is -0.300. The van der Waals surface area contributed by atoms with Crippen LogP contribution in [0.3, 0.4) is 0 Å². The van der Waals surface area contributed by atoms with Crippen LogP contribution in [0.4, 0.5) is 0 Å².